The fraction of sp³-hybridized carbons (Fsp3) is 0. The summed E-state index contributed by atoms with van der Waals surface area (Å²) in [5.41, 5.74) is 16.7. The van der Waals surface area contributed by atoms with E-state index in [1.807, 2.05) is 0 Å². The Bertz CT molecular complexity index is 3610. The summed E-state index contributed by atoms with van der Waals surface area (Å²) in [6.07, 6.45) is 0. The third kappa shape index (κ3) is 4.31. The van der Waals surface area contributed by atoms with Crippen molar-refractivity contribution in [3.8, 4) is 73.2 Å². The number of para-hydroxylation sites is 2. The van der Waals surface area contributed by atoms with E-state index in [4.69, 9.17) is 15.0 Å². The average molecular weight is 755 g/mol. The molecule has 1 aliphatic heterocycles. The monoisotopic (exact) mass is 754 g/mol. The largest absolute Gasteiger partial charge is 0.308 e. The Morgan fingerprint density at radius 2 is 0.983 bits per heavy atom. The fourth-order valence-corrected chi connectivity index (χ4v) is 10.8. The molecule has 5 heteroatoms. The topological polar surface area (TPSA) is 43.6 Å². The van der Waals surface area contributed by atoms with E-state index in [-0.39, 0.29) is 0 Å². The molecule has 0 radical (unpaired) electrons. The minimum Gasteiger partial charge on any atom is -0.308 e. The smallest absolute Gasteiger partial charge is 0.165 e. The van der Waals surface area contributed by atoms with Crippen LogP contribution in [0.25, 0.3) is 121 Å². The highest BCUT2D eigenvalue weighted by Gasteiger charge is 2.28. The number of aromatic nitrogens is 4. The molecule has 0 bridgehead atoms. The molecule has 1 aliphatic carbocycles. The maximum Gasteiger partial charge on any atom is 0.165 e. The predicted molar refractivity (Wildman–Crippen MR) is 241 cm³/mol. The Kier molecular flexibility index (Phi) is 6.44. The molecular weight excluding hydrogens is 725 g/mol. The van der Waals surface area contributed by atoms with Crippen LogP contribution in [0, 0.1) is 0 Å². The van der Waals surface area contributed by atoms with Crippen LogP contribution >= 0.6 is 11.3 Å². The summed E-state index contributed by atoms with van der Waals surface area (Å²) in [5.74, 6) is 1.91. The van der Waals surface area contributed by atoms with Crippen LogP contribution in [0.4, 0.5) is 0 Å². The van der Waals surface area contributed by atoms with Gasteiger partial charge in [-0.1, -0.05) is 140 Å². The summed E-state index contributed by atoms with van der Waals surface area (Å²) in [4.78, 5) is 16.1. The van der Waals surface area contributed by atoms with Gasteiger partial charge in [0, 0.05) is 64.3 Å². The fourth-order valence-electron chi connectivity index (χ4n) is 9.60. The highest BCUT2D eigenvalue weighted by molar-refractivity contribution is 7.26. The standard InChI is InChI=1S/C53H30N4S/c1-30-32-13-2-3-14-33(32)38-19-10-23-42(48(30)38)52-54-51(55-53(56-52)43-24-12-22-41-37-18-7-9-26-47(37)58-50(41)43)31-27-28-46-44(29-31)35-16-5-4-15-34(35)39-20-11-21-40-36-17-6-8-25-45(36)57(46)49(39)40/h2-29H,1H2. The summed E-state index contributed by atoms with van der Waals surface area (Å²) in [7, 11) is 0. The first-order chi connectivity index (χ1) is 28.7. The van der Waals surface area contributed by atoms with Crippen molar-refractivity contribution in [1.29, 1.82) is 0 Å². The van der Waals surface area contributed by atoms with Crippen molar-refractivity contribution in [3.05, 3.63) is 188 Å². The molecule has 13 rings (SSSR count). The highest BCUT2D eigenvalue weighted by Crippen LogP contribution is 2.49. The van der Waals surface area contributed by atoms with Crippen LogP contribution in [0.3, 0.4) is 0 Å². The second-order valence-corrected chi connectivity index (χ2v) is 16.2. The third-order valence-corrected chi connectivity index (χ3v) is 13.3. The SMILES string of the molecule is C=C1c2ccccc2-c2cccc(-c3nc(-c4ccc5c(c4)-c4ccccc4-c4cccc6c7ccccc7n-5c46)nc(-c4cccc5c4sc4ccccc45)n3)c21. The lowest BCUT2D eigenvalue weighted by Crippen LogP contribution is -2.02. The van der Waals surface area contributed by atoms with Gasteiger partial charge in [0.05, 0.1) is 16.7 Å². The van der Waals surface area contributed by atoms with Gasteiger partial charge >= 0.3 is 0 Å². The molecular formula is C53H30N4S. The molecule has 0 fully saturated rings. The van der Waals surface area contributed by atoms with Gasteiger partial charge in [-0.15, -0.1) is 11.3 Å². The van der Waals surface area contributed by atoms with Gasteiger partial charge in [-0.2, -0.15) is 0 Å². The van der Waals surface area contributed by atoms with Crippen LogP contribution in [0.1, 0.15) is 11.1 Å². The van der Waals surface area contributed by atoms with E-state index in [1.165, 1.54) is 64.2 Å². The number of fused-ring (bicyclic) bond motifs is 14. The molecule has 3 aromatic heterocycles. The van der Waals surface area contributed by atoms with Crippen molar-refractivity contribution in [3.63, 3.8) is 0 Å². The highest BCUT2D eigenvalue weighted by atomic mass is 32.1. The zero-order valence-electron chi connectivity index (χ0n) is 31.1. The molecule has 4 nitrogen and oxygen atoms in total. The summed E-state index contributed by atoms with van der Waals surface area (Å²) in [6, 6.07) is 60.9. The molecule has 0 spiro atoms. The van der Waals surface area contributed by atoms with Crippen molar-refractivity contribution in [2.24, 2.45) is 0 Å². The predicted octanol–water partition coefficient (Wildman–Crippen LogP) is 14.0. The van der Waals surface area contributed by atoms with E-state index < -0.39 is 0 Å². The molecule has 0 N–H and O–H groups in total. The summed E-state index contributed by atoms with van der Waals surface area (Å²) in [6.45, 7) is 4.61. The van der Waals surface area contributed by atoms with Gasteiger partial charge in [0.1, 0.15) is 0 Å². The second kappa shape index (κ2) is 11.8. The van der Waals surface area contributed by atoms with Crippen LogP contribution in [-0.2, 0) is 0 Å². The first-order valence-electron chi connectivity index (χ1n) is 19.6. The van der Waals surface area contributed by atoms with Gasteiger partial charge in [-0.25, -0.2) is 15.0 Å². The van der Waals surface area contributed by atoms with Gasteiger partial charge in [0.15, 0.2) is 17.5 Å². The minimum atomic E-state index is 0.626. The van der Waals surface area contributed by atoms with Gasteiger partial charge < -0.3 is 4.57 Å². The van der Waals surface area contributed by atoms with Gasteiger partial charge in [0.25, 0.3) is 0 Å². The van der Waals surface area contributed by atoms with E-state index in [2.05, 4.69) is 181 Å². The van der Waals surface area contributed by atoms with E-state index in [9.17, 15) is 0 Å². The number of rotatable bonds is 3. The van der Waals surface area contributed by atoms with Crippen molar-refractivity contribution < 1.29 is 0 Å². The lowest BCUT2D eigenvalue weighted by Gasteiger charge is -2.15. The molecule has 2 aliphatic rings. The Hall–Kier alpha value is -7.47. The van der Waals surface area contributed by atoms with E-state index in [1.54, 1.807) is 11.3 Å². The van der Waals surface area contributed by atoms with Crippen molar-refractivity contribution >= 4 is 58.9 Å². The van der Waals surface area contributed by atoms with Crippen LogP contribution < -0.4 is 0 Å². The van der Waals surface area contributed by atoms with E-state index >= 15 is 0 Å². The first kappa shape index (κ1) is 31.7. The summed E-state index contributed by atoms with van der Waals surface area (Å²) < 4.78 is 4.85. The average Bonchev–Trinajstić information content (AvgIpc) is 3.91. The zero-order chi connectivity index (χ0) is 38.1. The van der Waals surface area contributed by atoms with Crippen LogP contribution in [0.15, 0.2) is 176 Å². The Morgan fingerprint density at radius 1 is 0.414 bits per heavy atom. The summed E-state index contributed by atoms with van der Waals surface area (Å²) >= 11 is 1.79. The molecule has 0 atom stereocenters. The lowest BCUT2D eigenvalue weighted by atomic mass is 9.92. The molecule has 8 aromatic carbocycles. The number of benzene rings is 8. The normalized spacial score (nSPS) is 12.5. The first-order valence-corrected chi connectivity index (χ1v) is 20.4. The maximum absolute atomic E-state index is 5.38. The summed E-state index contributed by atoms with van der Waals surface area (Å²) in [5, 5.41) is 4.94. The molecule has 58 heavy (non-hydrogen) atoms. The van der Waals surface area contributed by atoms with Crippen molar-refractivity contribution in [2.75, 3.05) is 0 Å². The number of hydrogen-bond donors (Lipinski definition) is 0. The van der Waals surface area contributed by atoms with Gasteiger partial charge in [-0.05, 0) is 69.8 Å². The van der Waals surface area contributed by atoms with Gasteiger partial charge in [-0.3, -0.25) is 0 Å². The van der Waals surface area contributed by atoms with Crippen LogP contribution in [-0.4, -0.2) is 19.5 Å². The molecule has 0 saturated heterocycles. The van der Waals surface area contributed by atoms with Gasteiger partial charge in [0.2, 0.25) is 0 Å². The maximum atomic E-state index is 5.38. The quantitative estimate of drug-likeness (QED) is 0.180. The third-order valence-electron chi connectivity index (χ3n) is 12.1. The second-order valence-electron chi connectivity index (χ2n) is 15.2. The molecule has 268 valence electrons. The molecule has 0 unspecified atom stereocenters. The molecule has 11 aromatic rings. The van der Waals surface area contributed by atoms with E-state index in [0.717, 1.165) is 50.2 Å². The minimum absolute atomic E-state index is 0.626. The Labute approximate surface area is 337 Å². The molecule has 4 heterocycles. The lowest BCUT2D eigenvalue weighted by molar-refractivity contribution is 1.07. The van der Waals surface area contributed by atoms with E-state index in [0.29, 0.717) is 17.5 Å². The molecule has 0 saturated carbocycles. The van der Waals surface area contributed by atoms with Crippen LogP contribution in [0.5, 0.6) is 0 Å². The number of hydrogen-bond acceptors (Lipinski definition) is 4. The number of thiophene rings is 1. The Balaban J connectivity index is 1.09. The van der Waals surface area contributed by atoms with Crippen molar-refractivity contribution in [1.82, 2.24) is 19.5 Å². The van der Waals surface area contributed by atoms with Crippen molar-refractivity contribution in [2.45, 2.75) is 0 Å². The Morgan fingerprint density at radius 3 is 1.83 bits per heavy atom. The van der Waals surface area contributed by atoms with Crippen LogP contribution in [0.2, 0.25) is 0 Å². The number of nitrogens with zero attached hydrogens (tertiary/aromatic N) is 4. The zero-order valence-corrected chi connectivity index (χ0v) is 31.9. The molecule has 0 amide bonds.